The summed E-state index contributed by atoms with van der Waals surface area (Å²) in [4.78, 5) is 19.7. The molecule has 0 bridgehead atoms. The number of piperazine rings is 1. The predicted octanol–water partition coefficient (Wildman–Crippen LogP) is 3.21. The van der Waals surface area contributed by atoms with Gasteiger partial charge in [-0.25, -0.2) is 0 Å². The quantitative estimate of drug-likeness (QED) is 0.765. The van der Waals surface area contributed by atoms with Gasteiger partial charge in [-0.05, 0) is 30.3 Å². The number of pyridine rings is 1. The molecule has 2 heterocycles. The topological polar surface area (TPSA) is 36.4 Å². The van der Waals surface area contributed by atoms with Crippen molar-refractivity contribution >= 4 is 12.0 Å². The van der Waals surface area contributed by atoms with Crippen molar-refractivity contribution in [3.63, 3.8) is 0 Å². The fraction of sp³-hybridized carbons (Fsp3) is 0.368. The molecule has 0 aliphatic carbocycles. The zero-order valence-corrected chi connectivity index (χ0v) is 14.2. The lowest BCUT2D eigenvalue weighted by molar-refractivity contribution is -0.137. The van der Waals surface area contributed by atoms with E-state index >= 15 is 0 Å². The van der Waals surface area contributed by atoms with Crippen LogP contribution in [0.1, 0.15) is 17.2 Å². The van der Waals surface area contributed by atoms with Crippen LogP contribution < -0.4 is 4.90 Å². The number of nitrogens with zero attached hydrogens (tertiary/aromatic N) is 3. The molecule has 1 aliphatic rings. The third-order valence-electron chi connectivity index (χ3n) is 4.60. The Balaban J connectivity index is 1.60. The van der Waals surface area contributed by atoms with Crippen molar-refractivity contribution in [2.75, 3.05) is 37.6 Å². The van der Waals surface area contributed by atoms with Crippen LogP contribution in [0.5, 0.6) is 0 Å². The minimum absolute atomic E-state index is 0.295. The molecule has 3 rings (SSSR count). The Morgan fingerprint density at radius 3 is 2.46 bits per heavy atom. The van der Waals surface area contributed by atoms with Crippen molar-refractivity contribution in [3.05, 3.63) is 59.9 Å². The van der Waals surface area contributed by atoms with Crippen LogP contribution in [0.15, 0.2) is 48.7 Å². The molecule has 1 aromatic carbocycles. The molecular formula is C19H20F3N3O. The van der Waals surface area contributed by atoms with Crippen LogP contribution in [-0.2, 0) is 11.0 Å². The number of alkyl halides is 3. The number of rotatable bonds is 5. The van der Waals surface area contributed by atoms with Crippen molar-refractivity contribution in [3.8, 4) is 0 Å². The van der Waals surface area contributed by atoms with E-state index in [-0.39, 0.29) is 5.92 Å². The maximum Gasteiger partial charge on any atom is 0.416 e. The van der Waals surface area contributed by atoms with E-state index in [0.717, 1.165) is 18.0 Å². The van der Waals surface area contributed by atoms with Gasteiger partial charge >= 0.3 is 6.18 Å². The van der Waals surface area contributed by atoms with E-state index in [1.807, 2.05) is 17.0 Å². The lowest BCUT2D eigenvalue weighted by Gasteiger charge is -2.37. The summed E-state index contributed by atoms with van der Waals surface area (Å²) in [5.74, 6) is -0.295. The van der Waals surface area contributed by atoms with Gasteiger partial charge in [0, 0.05) is 44.6 Å². The van der Waals surface area contributed by atoms with E-state index in [9.17, 15) is 18.0 Å². The zero-order chi connectivity index (χ0) is 18.6. The molecule has 7 heteroatoms. The van der Waals surface area contributed by atoms with Crippen LogP contribution in [0, 0.1) is 0 Å². The van der Waals surface area contributed by atoms with Gasteiger partial charge in [-0.1, -0.05) is 12.1 Å². The van der Waals surface area contributed by atoms with Crippen LogP contribution in [0.3, 0.4) is 0 Å². The number of carbonyl (C=O) groups excluding carboxylic acids is 1. The summed E-state index contributed by atoms with van der Waals surface area (Å²) >= 11 is 0. The van der Waals surface area contributed by atoms with Crippen molar-refractivity contribution in [1.29, 1.82) is 0 Å². The van der Waals surface area contributed by atoms with Gasteiger partial charge in [-0.2, -0.15) is 13.2 Å². The number of aldehydes is 1. The molecule has 2 aromatic rings. The first-order valence-electron chi connectivity index (χ1n) is 8.48. The highest BCUT2D eigenvalue weighted by Gasteiger charge is 2.31. The average Bonchev–Trinajstić information content (AvgIpc) is 2.67. The summed E-state index contributed by atoms with van der Waals surface area (Å²) in [7, 11) is 0. The Hall–Kier alpha value is -2.41. The Kier molecular flexibility index (Phi) is 5.56. The number of halogens is 3. The van der Waals surface area contributed by atoms with Crippen LogP contribution >= 0.6 is 0 Å². The number of carbonyl (C=O) groups is 1. The molecular weight excluding hydrogens is 343 g/mol. The average molecular weight is 363 g/mol. The van der Waals surface area contributed by atoms with Crippen LogP contribution in [0.25, 0.3) is 0 Å². The summed E-state index contributed by atoms with van der Waals surface area (Å²) in [6.45, 7) is 3.18. The largest absolute Gasteiger partial charge is 0.416 e. The van der Waals surface area contributed by atoms with Gasteiger partial charge in [-0.3, -0.25) is 9.88 Å². The molecule has 1 saturated heterocycles. The molecule has 0 saturated carbocycles. The van der Waals surface area contributed by atoms with Gasteiger partial charge in [0.1, 0.15) is 6.29 Å². The molecule has 26 heavy (non-hydrogen) atoms. The Labute approximate surface area is 150 Å². The van der Waals surface area contributed by atoms with Gasteiger partial charge in [-0.15, -0.1) is 0 Å². The van der Waals surface area contributed by atoms with Crippen molar-refractivity contribution < 1.29 is 18.0 Å². The van der Waals surface area contributed by atoms with Crippen LogP contribution in [0.2, 0.25) is 0 Å². The van der Waals surface area contributed by atoms with Gasteiger partial charge in [0.2, 0.25) is 0 Å². The fourth-order valence-electron chi connectivity index (χ4n) is 3.15. The van der Waals surface area contributed by atoms with E-state index < -0.39 is 11.7 Å². The Morgan fingerprint density at radius 1 is 1.08 bits per heavy atom. The molecule has 0 radical (unpaired) electrons. The van der Waals surface area contributed by atoms with E-state index in [0.29, 0.717) is 38.4 Å². The molecule has 4 nitrogen and oxygen atoms in total. The molecule has 0 spiro atoms. The van der Waals surface area contributed by atoms with Crippen molar-refractivity contribution in [2.24, 2.45) is 0 Å². The minimum atomic E-state index is -4.34. The first-order chi connectivity index (χ1) is 12.5. The summed E-state index contributed by atoms with van der Waals surface area (Å²) in [5.41, 5.74) is 0.688. The minimum Gasteiger partial charge on any atom is -0.369 e. The number of aromatic nitrogens is 1. The van der Waals surface area contributed by atoms with Crippen molar-refractivity contribution in [1.82, 2.24) is 9.88 Å². The molecule has 1 atom stereocenters. The molecule has 0 N–H and O–H groups in total. The second kappa shape index (κ2) is 7.86. The molecule has 0 amide bonds. The summed E-state index contributed by atoms with van der Waals surface area (Å²) in [5, 5.41) is 0. The second-order valence-corrected chi connectivity index (χ2v) is 6.33. The van der Waals surface area contributed by atoms with Gasteiger partial charge < -0.3 is 9.69 Å². The summed E-state index contributed by atoms with van der Waals surface area (Å²) < 4.78 is 38.6. The smallest absolute Gasteiger partial charge is 0.369 e. The maximum absolute atomic E-state index is 12.9. The Bertz CT molecular complexity index is 728. The van der Waals surface area contributed by atoms with Gasteiger partial charge in [0.25, 0.3) is 0 Å². The van der Waals surface area contributed by atoms with Crippen LogP contribution in [-0.4, -0.2) is 48.9 Å². The molecule has 138 valence electrons. The molecule has 1 aromatic heterocycles. The first kappa shape index (κ1) is 18.4. The molecule has 1 fully saturated rings. The number of benzene rings is 1. The number of hydrogen-bond donors (Lipinski definition) is 0. The predicted molar refractivity (Wildman–Crippen MR) is 93.1 cm³/mol. The van der Waals surface area contributed by atoms with E-state index in [1.165, 1.54) is 12.1 Å². The van der Waals surface area contributed by atoms with Gasteiger partial charge in [0.15, 0.2) is 0 Å². The number of hydrogen-bond acceptors (Lipinski definition) is 4. The third-order valence-corrected chi connectivity index (χ3v) is 4.60. The lowest BCUT2D eigenvalue weighted by Crippen LogP contribution is -2.47. The van der Waals surface area contributed by atoms with E-state index in [4.69, 9.17) is 0 Å². The molecule has 1 unspecified atom stereocenters. The maximum atomic E-state index is 12.9. The van der Waals surface area contributed by atoms with Crippen LogP contribution in [0.4, 0.5) is 18.9 Å². The zero-order valence-electron chi connectivity index (χ0n) is 14.2. The third kappa shape index (κ3) is 4.40. The second-order valence-electron chi connectivity index (χ2n) is 6.33. The molecule has 1 aliphatic heterocycles. The fourth-order valence-corrected chi connectivity index (χ4v) is 3.15. The normalized spacial score (nSPS) is 17.1. The summed E-state index contributed by atoms with van der Waals surface area (Å²) in [6, 6.07) is 10.9. The summed E-state index contributed by atoms with van der Waals surface area (Å²) in [6.07, 6.45) is -1.77. The van der Waals surface area contributed by atoms with Gasteiger partial charge in [0.05, 0.1) is 17.2 Å². The standard InChI is InChI=1S/C19H20F3N3O/c20-19(21,22)16-4-3-5-17(12-16)25-10-8-24(9-11-25)13-15(14-26)18-6-1-2-7-23-18/h1-7,12,14-15H,8-11,13H2. The van der Waals surface area contributed by atoms with E-state index in [2.05, 4.69) is 9.88 Å². The lowest BCUT2D eigenvalue weighted by atomic mass is 10.1. The number of anilines is 1. The van der Waals surface area contributed by atoms with Crippen molar-refractivity contribution in [2.45, 2.75) is 12.1 Å². The van der Waals surface area contributed by atoms with E-state index in [1.54, 1.807) is 18.3 Å². The SMILES string of the molecule is O=CC(CN1CCN(c2cccc(C(F)(F)F)c2)CC1)c1ccccn1. The highest BCUT2D eigenvalue weighted by atomic mass is 19.4. The monoisotopic (exact) mass is 363 g/mol. The Morgan fingerprint density at radius 2 is 1.85 bits per heavy atom. The first-order valence-corrected chi connectivity index (χ1v) is 8.48. The highest BCUT2D eigenvalue weighted by Crippen LogP contribution is 2.32. The highest BCUT2D eigenvalue weighted by molar-refractivity contribution is 5.61.